The monoisotopic (exact) mass is 428 g/mol. The van der Waals surface area contributed by atoms with Gasteiger partial charge >= 0.3 is 0 Å². The van der Waals surface area contributed by atoms with Crippen molar-refractivity contribution in [1.82, 2.24) is 25.2 Å². The van der Waals surface area contributed by atoms with Gasteiger partial charge in [0.05, 0.1) is 11.4 Å². The molecule has 0 radical (unpaired) electrons. The van der Waals surface area contributed by atoms with Crippen molar-refractivity contribution in [1.29, 1.82) is 0 Å². The Morgan fingerprint density at radius 1 is 1.16 bits per heavy atom. The van der Waals surface area contributed by atoms with Gasteiger partial charge in [-0.3, -0.25) is 9.78 Å². The van der Waals surface area contributed by atoms with E-state index in [0.29, 0.717) is 12.1 Å². The molecule has 0 bridgehead atoms. The Labute approximate surface area is 188 Å². The van der Waals surface area contributed by atoms with Crippen LogP contribution < -0.4 is 11.1 Å². The first-order valence-corrected chi connectivity index (χ1v) is 10.8. The molecule has 2 heterocycles. The first-order valence-electron chi connectivity index (χ1n) is 10.8. The van der Waals surface area contributed by atoms with Crippen molar-refractivity contribution in [2.75, 3.05) is 32.9 Å². The number of rotatable bonds is 7. The van der Waals surface area contributed by atoms with E-state index in [2.05, 4.69) is 32.4 Å². The third kappa shape index (κ3) is 4.68. The molecule has 0 aliphatic heterocycles. The minimum Gasteiger partial charge on any atom is -0.368 e. The fraction of sp³-hybridized carbons (Fsp3) is 0.280. The molecule has 1 aliphatic rings. The summed E-state index contributed by atoms with van der Waals surface area (Å²) < 4.78 is 0. The number of anilines is 1. The van der Waals surface area contributed by atoms with Crippen LogP contribution in [0.5, 0.6) is 0 Å². The topological polar surface area (TPSA) is 97.0 Å². The van der Waals surface area contributed by atoms with Crippen LogP contribution in [-0.4, -0.2) is 52.9 Å². The van der Waals surface area contributed by atoms with Gasteiger partial charge in [-0.25, -0.2) is 9.97 Å². The lowest BCUT2D eigenvalue weighted by molar-refractivity contribution is 0.0951. The highest BCUT2D eigenvalue weighted by Crippen LogP contribution is 2.34. The van der Waals surface area contributed by atoms with Crippen molar-refractivity contribution in [3.05, 3.63) is 76.9 Å². The number of nitrogens with one attached hydrogen (secondary N) is 1. The molecule has 0 atom stereocenters. The van der Waals surface area contributed by atoms with Gasteiger partial charge in [-0.15, -0.1) is 0 Å². The van der Waals surface area contributed by atoms with E-state index in [-0.39, 0.29) is 11.9 Å². The molecular weight excluding hydrogens is 400 g/mol. The van der Waals surface area contributed by atoms with Crippen molar-refractivity contribution >= 4 is 17.4 Å². The third-order valence-electron chi connectivity index (χ3n) is 5.50. The van der Waals surface area contributed by atoms with Crippen LogP contribution in [0.2, 0.25) is 0 Å². The minimum absolute atomic E-state index is 0.0769. The predicted octanol–water partition coefficient (Wildman–Crippen LogP) is 2.96. The number of nitrogen functional groups attached to an aromatic ring is 1. The molecule has 0 fully saturated rings. The van der Waals surface area contributed by atoms with E-state index >= 15 is 0 Å². The molecule has 32 heavy (non-hydrogen) atoms. The number of likely N-dealkylation sites (N-methyl/N-ethyl adjacent to an activating group) is 1. The molecule has 7 heteroatoms. The van der Waals surface area contributed by atoms with E-state index in [4.69, 9.17) is 5.73 Å². The number of aromatic nitrogens is 3. The summed E-state index contributed by atoms with van der Waals surface area (Å²) in [6.45, 7) is 3.45. The Morgan fingerprint density at radius 2 is 2.00 bits per heavy atom. The predicted molar refractivity (Wildman–Crippen MR) is 127 cm³/mol. The van der Waals surface area contributed by atoms with Crippen LogP contribution in [0.15, 0.2) is 48.7 Å². The Kier molecular flexibility index (Phi) is 6.28. The SMILES string of the molecule is CCc1cc(C2=CCc3ncc(-c4cccc(C(=O)NCCN(C)C)c4)cc32)nc(N)n1. The van der Waals surface area contributed by atoms with Gasteiger partial charge in [-0.1, -0.05) is 25.1 Å². The fourth-order valence-electron chi connectivity index (χ4n) is 3.77. The second-order valence-corrected chi connectivity index (χ2v) is 8.14. The van der Waals surface area contributed by atoms with E-state index in [1.54, 1.807) is 0 Å². The Bertz CT molecular complexity index is 1180. The molecule has 1 amide bonds. The number of fused-ring (bicyclic) bond motifs is 1. The molecule has 0 spiro atoms. The molecule has 1 aliphatic carbocycles. The quantitative estimate of drug-likeness (QED) is 0.601. The second-order valence-electron chi connectivity index (χ2n) is 8.14. The summed E-state index contributed by atoms with van der Waals surface area (Å²) in [6, 6.07) is 11.7. The van der Waals surface area contributed by atoms with Gasteiger partial charge in [0, 0.05) is 53.7 Å². The van der Waals surface area contributed by atoms with Gasteiger partial charge in [0.1, 0.15) is 0 Å². The molecular formula is C25H28N6O. The summed E-state index contributed by atoms with van der Waals surface area (Å²) in [5.74, 6) is 0.206. The standard InChI is InChI=1S/C25H28N6O/c1-4-19-14-23(30-25(26)29-19)20-8-9-22-21(20)13-18(15-28-22)16-6-5-7-17(12-16)24(32)27-10-11-31(2)3/h5-8,12-15H,4,9-11H2,1-3H3,(H,27,32)(H2,26,29,30). The molecule has 4 rings (SSSR count). The van der Waals surface area contributed by atoms with Gasteiger partial charge in [0.2, 0.25) is 5.95 Å². The summed E-state index contributed by atoms with van der Waals surface area (Å²) in [5, 5.41) is 2.96. The number of carbonyl (C=O) groups excluding carboxylic acids is 1. The van der Waals surface area contributed by atoms with Crippen LogP contribution in [0.4, 0.5) is 5.95 Å². The van der Waals surface area contributed by atoms with Gasteiger partial charge < -0.3 is 16.0 Å². The van der Waals surface area contributed by atoms with Crippen molar-refractivity contribution in [3.63, 3.8) is 0 Å². The second kappa shape index (κ2) is 9.28. The first kappa shape index (κ1) is 21.6. The lowest BCUT2D eigenvalue weighted by Crippen LogP contribution is -2.31. The average molecular weight is 429 g/mol. The molecule has 164 valence electrons. The smallest absolute Gasteiger partial charge is 0.251 e. The van der Waals surface area contributed by atoms with Crippen LogP contribution in [-0.2, 0) is 12.8 Å². The van der Waals surface area contributed by atoms with Gasteiger partial charge in [0.25, 0.3) is 5.91 Å². The largest absolute Gasteiger partial charge is 0.368 e. The Morgan fingerprint density at radius 3 is 2.78 bits per heavy atom. The molecule has 3 N–H and O–H groups in total. The highest BCUT2D eigenvalue weighted by atomic mass is 16.1. The van der Waals surface area contributed by atoms with Crippen molar-refractivity contribution in [2.24, 2.45) is 0 Å². The zero-order valence-corrected chi connectivity index (χ0v) is 18.7. The number of allylic oxidation sites excluding steroid dienone is 1. The van der Waals surface area contributed by atoms with Gasteiger partial charge in [-0.2, -0.15) is 0 Å². The summed E-state index contributed by atoms with van der Waals surface area (Å²) in [6.07, 6.45) is 5.55. The van der Waals surface area contributed by atoms with Crippen molar-refractivity contribution in [2.45, 2.75) is 19.8 Å². The van der Waals surface area contributed by atoms with Crippen molar-refractivity contribution < 1.29 is 4.79 Å². The number of amides is 1. The van der Waals surface area contributed by atoms with Crippen LogP contribution in [0.1, 0.15) is 39.9 Å². The molecule has 0 unspecified atom stereocenters. The molecule has 3 aromatic rings. The molecule has 2 aromatic heterocycles. The highest BCUT2D eigenvalue weighted by molar-refractivity contribution is 5.95. The first-order chi connectivity index (χ1) is 15.4. The number of hydrogen-bond acceptors (Lipinski definition) is 6. The number of pyridine rings is 1. The summed E-state index contributed by atoms with van der Waals surface area (Å²) >= 11 is 0. The maximum Gasteiger partial charge on any atom is 0.251 e. The summed E-state index contributed by atoms with van der Waals surface area (Å²) in [4.78, 5) is 28.0. The number of hydrogen-bond donors (Lipinski definition) is 2. The Balaban J connectivity index is 1.62. The van der Waals surface area contributed by atoms with Crippen LogP contribution in [0.25, 0.3) is 16.7 Å². The number of carbonyl (C=O) groups is 1. The lowest BCUT2D eigenvalue weighted by atomic mass is 9.99. The van der Waals surface area contributed by atoms with E-state index in [0.717, 1.165) is 58.7 Å². The number of benzene rings is 1. The summed E-state index contributed by atoms with van der Waals surface area (Å²) in [5.41, 5.74) is 13.3. The third-order valence-corrected chi connectivity index (χ3v) is 5.50. The van der Waals surface area contributed by atoms with Crippen LogP contribution in [0, 0.1) is 0 Å². The molecule has 1 aromatic carbocycles. The van der Waals surface area contributed by atoms with Gasteiger partial charge in [-0.05, 0) is 50.3 Å². The number of nitrogens with two attached hydrogens (primary N) is 1. The molecule has 0 saturated heterocycles. The highest BCUT2D eigenvalue weighted by Gasteiger charge is 2.20. The van der Waals surface area contributed by atoms with E-state index in [1.807, 2.05) is 62.4 Å². The average Bonchev–Trinajstić information content (AvgIpc) is 3.21. The van der Waals surface area contributed by atoms with Crippen LogP contribution in [0.3, 0.4) is 0 Å². The lowest BCUT2D eigenvalue weighted by Gasteiger charge is -2.12. The van der Waals surface area contributed by atoms with Crippen LogP contribution >= 0.6 is 0 Å². The zero-order valence-electron chi connectivity index (χ0n) is 18.7. The maximum atomic E-state index is 12.5. The molecule has 7 nitrogen and oxygen atoms in total. The van der Waals surface area contributed by atoms with E-state index in [9.17, 15) is 4.79 Å². The van der Waals surface area contributed by atoms with E-state index in [1.165, 1.54) is 0 Å². The Hall–Kier alpha value is -3.58. The fourth-order valence-corrected chi connectivity index (χ4v) is 3.77. The molecule has 0 saturated carbocycles. The number of aryl methyl sites for hydroxylation is 1. The van der Waals surface area contributed by atoms with E-state index < -0.39 is 0 Å². The zero-order chi connectivity index (χ0) is 22.7. The maximum absolute atomic E-state index is 12.5. The van der Waals surface area contributed by atoms with Gasteiger partial charge in [0.15, 0.2) is 0 Å². The number of nitrogens with zero attached hydrogens (tertiary/aromatic N) is 4. The van der Waals surface area contributed by atoms with Crippen molar-refractivity contribution in [3.8, 4) is 11.1 Å². The minimum atomic E-state index is -0.0769. The normalized spacial score (nSPS) is 12.6. The summed E-state index contributed by atoms with van der Waals surface area (Å²) in [7, 11) is 3.96.